The summed E-state index contributed by atoms with van der Waals surface area (Å²) in [5.74, 6) is 0.936. The third kappa shape index (κ3) is 4.23. The quantitative estimate of drug-likeness (QED) is 0.693. The second-order valence-electron chi connectivity index (χ2n) is 6.80. The van der Waals surface area contributed by atoms with E-state index >= 15 is 0 Å². The molecule has 1 fully saturated rings. The minimum atomic E-state index is 0.197. The topological polar surface area (TPSA) is 66.7 Å². The molecule has 0 radical (unpaired) electrons. The van der Waals surface area contributed by atoms with Crippen molar-refractivity contribution in [3.63, 3.8) is 0 Å². The van der Waals surface area contributed by atoms with Gasteiger partial charge in [-0.15, -0.1) is 11.3 Å². The highest BCUT2D eigenvalue weighted by molar-refractivity contribution is 7.18. The lowest BCUT2D eigenvalue weighted by Gasteiger charge is -2.34. The van der Waals surface area contributed by atoms with Crippen LogP contribution in [-0.2, 0) is 11.3 Å². The van der Waals surface area contributed by atoms with Crippen LogP contribution in [0.15, 0.2) is 42.7 Å². The van der Waals surface area contributed by atoms with Crippen LogP contribution in [0.3, 0.4) is 0 Å². The maximum absolute atomic E-state index is 12.7. The molecule has 8 heteroatoms. The zero-order chi connectivity index (χ0) is 18.6. The standard InChI is InChI=1S/C19H22N6OS/c1-23(13-17-22-15-5-2-3-6-16(15)27-17)14-18(26)24-9-11-25(12-10-24)19-20-7-4-8-21-19/h2-8H,9-14H2,1H3/p+1. The monoisotopic (exact) mass is 383 g/mol. The van der Waals surface area contributed by atoms with Gasteiger partial charge in [0.1, 0.15) is 11.6 Å². The van der Waals surface area contributed by atoms with Crippen LogP contribution < -0.4 is 9.80 Å². The van der Waals surface area contributed by atoms with E-state index in [0.717, 1.165) is 41.0 Å². The van der Waals surface area contributed by atoms with Crippen molar-refractivity contribution in [1.29, 1.82) is 0 Å². The number of fused-ring (bicyclic) bond motifs is 1. The third-order valence-electron chi connectivity index (χ3n) is 4.71. The average molecular weight is 384 g/mol. The Morgan fingerprint density at radius 3 is 2.59 bits per heavy atom. The molecule has 1 unspecified atom stereocenters. The molecular weight excluding hydrogens is 360 g/mol. The number of piperazine rings is 1. The molecule has 7 nitrogen and oxygen atoms in total. The Morgan fingerprint density at radius 2 is 1.85 bits per heavy atom. The lowest BCUT2D eigenvalue weighted by molar-refractivity contribution is -0.885. The van der Waals surface area contributed by atoms with E-state index < -0.39 is 0 Å². The first kappa shape index (κ1) is 17.8. The highest BCUT2D eigenvalue weighted by Gasteiger charge is 2.24. The average Bonchev–Trinajstić information content (AvgIpc) is 3.10. The van der Waals surface area contributed by atoms with Crippen LogP contribution in [0.4, 0.5) is 5.95 Å². The number of anilines is 1. The fraction of sp³-hybridized carbons (Fsp3) is 0.368. The van der Waals surface area contributed by atoms with E-state index in [1.807, 2.05) is 29.2 Å². The van der Waals surface area contributed by atoms with E-state index in [1.165, 1.54) is 4.70 Å². The molecule has 0 aliphatic carbocycles. The van der Waals surface area contributed by atoms with Gasteiger partial charge in [0, 0.05) is 38.6 Å². The second-order valence-corrected chi connectivity index (χ2v) is 7.92. The number of likely N-dealkylation sites (N-methyl/N-ethyl adjacent to an activating group) is 1. The van der Waals surface area contributed by atoms with E-state index in [-0.39, 0.29) is 5.91 Å². The van der Waals surface area contributed by atoms with Crippen molar-refractivity contribution in [1.82, 2.24) is 19.9 Å². The third-order valence-corrected chi connectivity index (χ3v) is 5.75. The Morgan fingerprint density at radius 1 is 1.11 bits per heavy atom. The van der Waals surface area contributed by atoms with Gasteiger partial charge < -0.3 is 14.7 Å². The summed E-state index contributed by atoms with van der Waals surface area (Å²) in [6.45, 7) is 4.22. The smallest absolute Gasteiger partial charge is 0.277 e. The molecule has 0 bridgehead atoms. The summed E-state index contributed by atoms with van der Waals surface area (Å²) >= 11 is 1.71. The number of aromatic nitrogens is 3. The number of quaternary nitrogens is 1. The molecule has 2 aromatic heterocycles. The van der Waals surface area contributed by atoms with Gasteiger partial charge in [-0.05, 0) is 18.2 Å². The van der Waals surface area contributed by atoms with Gasteiger partial charge in [0.05, 0.1) is 17.3 Å². The molecular formula is C19H23N6OS+. The molecule has 3 heterocycles. The highest BCUT2D eigenvalue weighted by atomic mass is 32.1. The Hall–Kier alpha value is -2.58. The Bertz CT molecular complexity index is 874. The van der Waals surface area contributed by atoms with E-state index in [0.29, 0.717) is 19.6 Å². The predicted octanol–water partition coefficient (Wildman–Crippen LogP) is 0.450. The highest BCUT2D eigenvalue weighted by Crippen LogP contribution is 2.20. The number of carbonyl (C=O) groups excluding carboxylic acids is 1. The molecule has 140 valence electrons. The minimum Gasteiger partial charge on any atom is -0.337 e. The van der Waals surface area contributed by atoms with Crippen molar-refractivity contribution < 1.29 is 9.69 Å². The van der Waals surface area contributed by atoms with E-state index in [2.05, 4.69) is 33.0 Å². The Balaban J connectivity index is 1.29. The first-order valence-corrected chi connectivity index (χ1v) is 9.96. The van der Waals surface area contributed by atoms with Gasteiger partial charge in [0.25, 0.3) is 5.91 Å². The molecule has 1 aliphatic rings. The lowest BCUT2D eigenvalue weighted by Crippen LogP contribution is -3.09. The van der Waals surface area contributed by atoms with Crippen LogP contribution >= 0.6 is 11.3 Å². The number of rotatable bonds is 5. The van der Waals surface area contributed by atoms with Gasteiger partial charge in [-0.25, -0.2) is 15.0 Å². The Kier molecular flexibility index (Phi) is 5.26. The summed E-state index contributed by atoms with van der Waals surface area (Å²) in [6, 6.07) is 9.97. The molecule has 1 N–H and O–H groups in total. The summed E-state index contributed by atoms with van der Waals surface area (Å²) in [7, 11) is 2.05. The molecule has 0 saturated carbocycles. The zero-order valence-electron chi connectivity index (χ0n) is 15.3. The van der Waals surface area contributed by atoms with Gasteiger partial charge in [-0.1, -0.05) is 12.1 Å². The number of hydrogen-bond acceptors (Lipinski definition) is 6. The van der Waals surface area contributed by atoms with Gasteiger partial charge in [-0.2, -0.15) is 0 Å². The van der Waals surface area contributed by atoms with Gasteiger partial charge >= 0.3 is 0 Å². The Labute approximate surface area is 162 Å². The molecule has 0 spiro atoms. The predicted molar refractivity (Wildman–Crippen MR) is 106 cm³/mol. The number of hydrogen-bond donors (Lipinski definition) is 1. The lowest BCUT2D eigenvalue weighted by atomic mass is 10.3. The second kappa shape index (κ2) is 7.98. The molecule has 1 atom stereocenters. The van der Waals surface area contributed by atoms with Crippen LogP contribution in [0, 0.1) is 0 Å². The molecule has 1 amide bonds. The number of benzene rings is 1. The fourth-order valence-electron chi connectivity index (χ4n) is 3.30. The fourth-order valence-corrected chi connectivity index (χ4v) is 4.38. The van der Waals surface area contributed by atoms with Crippen molar-refractivity contribution in [2.24, 2.45) is 0 Å². The van der Waals surface area contributed by atoms with E-state index in [1.54, 1.807) is 23.7 Å². The number of nitrogens with one attached hydrogen (secondary N) is 1. The maximum Gasteiger partial charge on any atom is 0.277 e. The van der Waals surface area contributed by atoms with Crippen molar-refractivity contribution in [3.05, 3.63) is 47.7 Å². The van der Waals surface area contributed by atoms with Crippen LogP contribution in [0.5, 0.6) is 0 Å². The van der Waals surface area contributed by atoms with E-state index in [9.17, 15) is 4.79 Å². The largest absolute Gasteiger partial charge is 0.337 e. The number of amides is 1. The van der Waals surface area contributed by atoms with Crippen molar-refractivity contribution in [3.8, 4) is 0 Å². The van der Waals surface area contributed by atoms with Crippen molar-refractivity contribution in [2.75, 3.05) is 44.7 Å². The molecule has 1 aromatic carbocycles. The first-order valence-electron chi connectivity index (χ1n) is 9.14. The van der Waals surface area contributed by atoms with Crippen LogP contribution in [0.2, 0.25) is 0 Å². The minimum absolute atomic E-state index is 0.197. The maximum atomic E-state index is 12.7. The number of nitrogens with zero attached hydrogens (tertiary/aromatic N) is 5. The molecule has 1 aliphatic heterocycles. The van der Waals surface area contributed by atoms with Gasteiger partial charge in [-0.3, -0.25) is 4.79 Å². The van der Waals surface area contributed by atoms with Crippen molar-refractivity contribution in [2.45, 2.75) is 6.54 Å². The number of para-hydroxylation sites is 1. The van der Waals surface area contributed by atoms with E-state index in [4.69, 9.17) is 0 Å². The summed E-state index contributed by atoms with van der Waals surface area (Å²) < 4.78 is 1.20. The SMILES string of the molecule is C[NH+](CC(=O)N1CCN(c2ncccn2)CC1)Cc1nc2ccccc2s1. The summed E-state index contributed by atoms with van der Waals surface area (Å²) in [5.41, 5.74) is 1.04. The number of carbonyl (C=O) groups is 1. The molecule has 3 aromatic rings. The molecule has 27 heavy (non-hydrogen) atoms. The summed E-state index contributed by atoms with van der Waals surface area (Å²) in [4.78, 5) is 31.1. The van der Waals surface area contributed by atoms with Gasteiger partial charge in [0.15, 0.2) is 6.54 Å². The van der Waals surface area contributed by atoms with Crippen LogP contribution in [-0.4, -0.2) is 65.5 Å². The molecule has 1 saturated heterocycles. The first-order chi connectivity index (χ1) is 13.2. The summed E-state index contributed by atoms with van der Waals surface area (Å²) in [6.07, 6.45) is 3.50. The number of thiazole rings is 1. The van der Waals surface area contributed by atoms with Crippen LogP contribution in [0.1, 0.15) is 5.01 Å². The summed E-state index contributed by atoms with van der Waals surface area (Å²) in [5, 5.41) is 1.08. The zero-order valence-corrected chi connectivity index (χ0v) is 16.2. The van der Waals surface area contributed by atoms with Crippen LogP contribution in [0.25, 0.3) is 10.2 Å². The molecule has 4 rings (SSSR count). The van der Waals surface area contributed by atoms with Gasteiger partial charge in [0.2, 0.25) is 5.95 Å². The van der Waals surface area contributed by atoms with Crippen molar-refractivity contribution >= 4 is 33.4 Å². The normalized spacial score (nSPS) is 15.9.